The molecule has 1 saturated heterocycles. The summed E-state index contributed by atoms with van der Waals surface area (Å²) in [5.74, 6) is 0.384. The van der Waals surface area contributed by atoms with E-state index < -0.39 is 17.1 Å². The molecule has 1 aliphatic heterocycles. The number of methoxy groups -OCH3 is 1. The molecule has 3 amide bonds. The summed E-state index contributed by atoms with van der Waals surface area (Å²) in [6, 6.07) is 15.9. The normalized spacial score (nSPS) is 16.8. The number of amides is 3. The van der Waals surface area contributed by atoms with Crippen molar-refractivity contribution in [3.63, 3.8) is 0 Å². The summed E-state index contributed by atoms with van der Waals surface area (Å²) in [5.41, 5.74) is -2.63. The number of urea groups is 1. The lowest BCUT2D eigenvalue weighted by molar-refractivity contribution is -0.120. The van der Waals surface area contributed by atoms with Crippen LogP contribution in [0.3, 0.4) is 0 Å². The number of ether oxygens (including phenoxy) is 1. The van der Waals surface area contributed by atoms with E-state index in [2.05, 4.69) is 4.98 Å². The van der Waals surface area contributed by atoms with Gasteiger partial charge in [-0.1, -0.05) is 0 Å². The van der Waals surface area contributed by atoms with Crippen LogP contribution in [-0.4, -0.2) is 40.0 Å². The highest BCUT2D eigenvalue weighted by Crippen LogP contribution is 2.50. The molecule has 3 aromatic rings. The number of imide groups is 1. The molecule has 0 N–H and O–H groups in total. The van der Waals surface area contributed by atoms with Crippen LogP contribution in [0.15, 0.2) is 71.8 Å². The van der Waals surface area contributed by atoms with Gasteiger partial charge in [-0.15, -0.1) is 0 Å². The maximum atomic E-state index is 13.3. The Balaban J connectivity index is 1.38. The molecule has 0 radical (unpaired) electrons. The zero-order valence-electron chi connectivity index (χ0n) is 18.6. The molecule has 2 fully saturated rings. The molecule has 1 aromatic heterocycles. The molecule has 6 nitrogen and oxygen atoms in total. The molecule has 1 saturated carbocycles. The largest absolute Gasteiger partial charge is 0.497 e. The molecule has 5 rings (SSSR count). The van der Waals surface area contributed by atoms with Gasteiger partial charge in [-0.05, 0) is 90.8 Å². The van der Waals surface area contributed by atoms with Crippen molar-refractivity contribution in [2.45, 2.75) is 35.3 Å². The first kappa shape index (κ1) is 23.2. The molecule has 2 heterocycles. The Labute approximate surface area is 203 Å². The third-order valence-corrected chi connectivity index (χ3v) is 6.88. The molecule has 2 aromatic carbocycles. The average Bonchev–Trinajstić information content (AvgIpc) is 3.61. The lowest BCUT2D eigenvalue weighted by atomic mass is 10.1. The molecule has 0 atom stereocenters. The van der Waals surface area contributed by atoms with Gasteiger partial charge in [-0.3, -0.25) is 9.78 Å². The van der Waals surface area contributed by atoms with Crippen LogP contribution in [0, 0.1) is 0 Å². The number of anilines is 1. The molecule has 0 unspecified atom stereocenters. The second-order valence-corrected chi connectivity index (χ2v) is 9.50. The number of aromatic nitrogens is 1. The van der Waals surface area contributed by atoms with E-state index in [-0.39, 0.29) is 34.8 Å². The van der Waals surface area contributed by atoms with Gasteiger partial charge in [0.1, 0.15) is 11.3 Å². The summed E-state index contributed by atoms with van der Waals surface area (Å²) in [6.45, 7) is 0.217. The summed E-state index contributed by atoms with van der Waals surface area (Å²) < 4.78 is 43.1. The Morgan fingerprint density at radius 1 is 1.03 bits per heavy atom. The monoisotopic (exact) mass is 499 g/mol. The van der Waals surface area contributed by atoms with Crippen LogP contribution in [-0.2, 0) is 11.3 Å². The van der Waals surface area contributed by atoms with E-state index in [1.54, 1.807) is 24.3 Å². The van der Waals surface area contributed by atoms with Gasteiger partial charge in [0.2, 0.25) is 0 Å². The van der Waals surface area contributed by atoms with Crippen LogP contribution >= 0.6 is 11.8 Å². The number of rotatable bonds is 6. The van der Waals surface area contributed by atoms with Crippen molar-refractivity contribution in [1.29, 1.82) is 0 Å². The van der Waals surface area contributed by atoms with Crippen LogP contribution in [0.4, 0.5) is 23.7 Å². The summed E-state index contributed by atoms with van der Waals surface area (Å²) in [5, 5.41) is 0. The first-order chi connectivity index (χ1) is 16.7. The van der Waals surface area contributed by atoms with E-state index in [1.807, 2.05) is 30.3 Å². The van der Waals surface area contributed by atoms with Crippen molar-refractivity contribution >= 4 is 29.4 Å². The fourth-order valence-electron chi connectivity index (χ4n) is 4.23. The van der Waals surface area contributed by atoms with E-state index in [1.165, 1.54) is 24.3 Å². The van der Waals surface area contributed by atoms with Crippen molar-refractivity contribution in [3.05, 3.63) is 72.4 Å². The van der Waals surface area contributed by atoms with Gasteiger partial charge >= 0.3 is 11.5 Å². The first-order valence-corrected chi connectivity index (χ1v) is 11.6. The predicted octanol–water partition coefficient (Wildman–Crippen LogP) is 5.87. The maximum Gasteiger partial charge on any atom is 0.446 e. The number of halogens is 3. The minimum absolute atomic E-state index is 0.0128. The Kier molecular flexibility index (Phi) is 5.71. The highest BCUT2D eigenvalue weighted by Gasteiger charge is 2.65. The average molecular weight is 500 g/mol. The number of thioether (sulfide) groups is 1. The second kappa shape index (κ2) is 8.60. The zero-order chi connectivity index (χ0) is 24.8. The minimum Gasteiger partial charge on any atom is -0.497 e. The van der Waals surface area contributed by atoms with E-state index in [9.17, 15) is 22.8 Å². The highest BCUT2D eigenvalue weighted by molar-refractivity contribution is 8.00. The number of carbonyl (C=O) groups excluding carboxylic acids is 2. The van der Waals surface area contributed by atoms with Crippen molar-refractivity contribution in [2.24, 2.45) is 0 Å². The van der Waals surface area contributed by atoms with Gasteiger partial charge in [-0.2, -0.15) is 13.2 Å². The minimum atomic E-state index is -4.41. The topological polar surface area (TPSA) is 62.7 Å². The van der Waals surface area contributed by atoms with Gasteiger partial charge in [0.05, 0.1) is 18.5 Å². The highest BCUT2D eigenvalue weighted by atomic mass is 32.2. The number of hydrogen-bond donors (Lipinski definition) is 0. The number of nitrogens with zero attached hydrogens (tertiary/aromatic N) is 3. The second-order valence-electron chi connectivity index (χ2n) is 8.36. The smallest absolute Gasteiger partial charge is 0.446 e. The quantitative estimate of drug-likeness (QED) is 0.314. The Bertz CT molecular complexity index is 1280. The Hall–Kier alpha value is -3.53. The van der Waals surface area contributed by atoms with Gasteiger partial charge in [0.25, 0.3) is 5.91 Å². The van der Waals surface area contributed by atoms with Crippen LogP contribution in [0.5, 0.6) is 5.75 Å². The molecular weight excluding hydrogens is 479 g/mol. The summed E-state index contributed by atoms with van der Waals surface area (Å²) in [6.07, 6.45) is 2.75. The fraction of sp³-hybridized carbons (Fsp3) is 0.240. The molecule has 180 valence electrons. The van der Waals surface area contributed by atoms with Crippen molar-refractivity contribution in [3.8, 4) is 17.0 Å². The summed E-state index contributed by atoms with van der Waals surface area (Å²) >= 11 is -0.242. The van der Waals surface area contributed by atoms with Crippen LogP contribution in [0.1, 0.15) is 18.4 Å². The Morgan fingerprint density at radius 2 is 1.71 bits per heavy atom. The molecular formula is C25H20F3N3O3S. The number of carbonyl (C=O) groups is 2. The zero-order valence-corrected chi connectivity index (χ0v) is 19.4. The van der Waals surface area contributed by atoms with E-state index in [0.29, 0.717) is 12.8 Å². The van der Waals surface area contributed by atoms with E-state index in [4.69, 9.17) is 4.74 Å². The molecule has 0 bridgehead atoms. The van der Waals surface area contributed by atoms with E-state index >= 15 is 0 Å². The van der Waals surface area contributed by atoms with Crippen molar-refractivity contribution < 1.29 is 27.5 Å². The number of benzene rings is 2. The van der Waals surface area contributed by atoms with Crippen molar-refractivity contribution in [2.75, 3.05) is 12.0 Å². The maximum absolute atomic E-state index is 13.3. The van der Waals surface area contributed by atoms with Crippen molar-refractivity contribution in [1.82, 2.24) is 9.88 Å². The predicted molar refractivity (Wildman–Crippen MR) is 125 cm³/mol. The lowest BCUT2D eigenvalue weighted by Crippen LogP contribution is -2.36. The van der Waals surface area contributed by atoms with Gasteiger partial charge in [-0.25, -0.2) is 9.69 Å². The number of hydrogen-bond acceptors (Lipinski definition) is 5. The standard InChI is InChI=1S/C25H20F3N3O3S/c1-34-19-6-2-17(3-7-19)21-14-16(10-13-29-21)15-30-23(33)31(22(32)24(30)11-12-24)18-4-8-20(9-5-18)35-25(26,27)28/h2-10,13-14H,11-12,15H2,1H3. The molecule has 35 heavy (non-hydrogen) atoms. The SMILES string of the molecule is COc1ccc(-c2cc(CN3C(=O)N(c4ccc(SC(F)(F)F)cc4)C(=O)C34CC4)ccn2)cc1. The van der Waals surface area contributed by atoms with Crippen LogP contribution < -0.4 is 9.64 Å². The fourth-order valence-corrected chi connectivity index (χ4v) is 4.77. The molecule has 1 spiro atoms. The molecule has 2 aliphatic rings. The third kappa shape index (κ3) is 4.45. The Morgan fingerprint density at radius 3 is 2.31 bits per heavy atom. The number of alkyl halides is 3. The first-order valence-electron chi connectivity index (χ1n) is 10.8. The van der Waals surface area contributed by atoms with E-state index in [0.717, 1.165) is 27.5 Å². The molecule has 1 aliphatic carbocycles. The lowest BCUT2D eigenvalue weighted by Gasteiger charge is -2.21. The molecule has 10 heteroatoms. The number of pyridine rings is 1. The van der Waals surface area contributed by atoms with Crippen LogP contribution in [0.2, 0.25) is 0 Å². The third-order valence-electron chi connectivity index (χ3n) is 6.14. The van der Waals surface area contributed by atoms with Crippen LogP contribution in [0.25, 0.3) is 11.3 Å². The summed E-state index contributed by atoms with van der Waals surface area (Å²) in [4.78, 5) is 33.6. The summed E-state index contributed by atoms with van der Waals surface area (Å²) in [7, 11) is 1.59. The van der Waals surface area contributed by atoms with Gasteiger partial charge < -0.3 is 9.64 Å². The van der Waals surface area contributed by atoms with Gasteiger partial charge in [0.15, 0.2) is 0 Å². The van der Waals surface area contributed by atoms with Gasteiger partial charge in [0, 0.05) is 23.2 Å².